The molecule has 0 spiro atoms. The normalized spacial score (nSPS) is 27.1. The number of hydrogen-bond donors (Lipinski definition) is 1. The molecular formula is C11H20O. The van der Waals surface area contributed by atoms with Crippen LogP contribution in [0.25, 0.3) is 0 Å². The smallest absolute Gasteiger partial charge is 0.0543 e. The highest BCUT2D eigenvalue weighted by molar-refractivity contribution is 5.09. The van der Waals surface area contributed by atoms with Crippen molar-refractivity contribution >= 4 is 0 Å². The van der Waals surface area contributed by atoms with E-state index in [1.165, 1.54) is 12.8 Å². The van der Waals surface area contributed by atoms with Gasteiger partial charge in [-0.1, -0.05) is 25.5 Å². The fourth-order valence-electron chi connectivity index (χ4n) is 1.84. The molecule has 0 radical (unpaired) electrons. The zero-order valence-electron chi connectivity index (χ0n) is 8.38. The van der Waals surface area contributed by atoms with Gasteiger partial charge in [-0.3, -0.25) is 0 Å². The highest BCUT2D eigenvalue weighted by Crippen LogP contribution is 2.29. The molecule has 1 aliphatic rings. The van der Waals surface area contributed by atoms with E-state index in [4.69, 9.17) is 0 Å². The summed E-state index contributed by atoms with van der Waals surface area (Å²) in [4.78, 5) is 0. The van der Waals surface area contributed by atoms with Crippen LogP contribution in [-0.4, -0.2) is 11.2 Å². The Kier molecular flexibility index (Phi) is 3.33. The molecule has 0 saturated carbocycles. The predicted molar refractivity (Wildman–Crippen MR) is 51.9 cm³/mol. The fraction of sp³-hybridized carbons (Fsp3) is 0.818. The Morgan fingerprint density at radius 3 is 2.42 bits per heavy atom. The average molecular weight is 168 g/mol. The second kappa shape index (κ2) is 4.08. The van der Waals surface area contributed by atoms with Crippen molar-refractivity contribution in [3.05, 3.63) is 11.6 Å². The summed E-state index contributed by atoms with van der Waals surface area (Å²) in [6.07, 6.45) is 5.63. The molecule has 0 aromatic heterocycles. The van der Waals surface area contributed by atoms with Crippen LogP contribution in [0.4, 0.5) is 0 Å². The molecule has 12 heavy (non-hydrogen) atoms. The van der Waals surface area contributed by atoms with E-state index in [0.717, 1.165) is 6.42 Å². The van der Waals surface area contributed by atoms with Gasteiger partial charge in [0.15, 0.2) is 0 Å². The molecule has 1 aliphatic carbocycles. The van der Waals surface area contributed by atoms with Crippen LogP contribution in [0.3, 0.4) is 0 Å². The van der Waals surface area contributed by atoms with E-state index in [0.29, 0.717) is 11.8 Å². The van der Waals surface area contributed by atoms with Crippen LogP contribution < -0.4 is 0 Å². The molecule has 1 heteroatoms. The average Bonchev–Trinajstić information content (AvgIpc) is 2.04. The van der Waals surface area contributed by atoms with Crippen LogP contribution in [0, 0.1) is 11.8 Å². The number of allylic oxidation sites excluding steroid dienone is 2. The van der Waals surface area contributed by atoms with Crippen LogP contribution in [-0.2, 0) is 0 Å². The summed E-state index contributed by atoms with van der Waals surface area (Å²) in [7, 11) is 0. The summed E-state index contributed by atoms with van der Waals surface area (Å²) in [6.45, 7) is 6.39. The third-order valence-corrected chi connectivity index (χ3v) is 2.91. The number of hydrogen-bond acceptors (Lipinski definition) is 1. The quantitative estimate of drug-likeness (QED) is 0.629. The molecule has 2 atom stereocenters. The Balaban J connectivity index is 2.47. The molecule has 0 amide bonds. The van der Waals surface area contributed by atoms with Crippen molar-refractivity contribution in [2.24, 2.45) is 11.8 Å². The SMILES string of the molecule is CC(C)C1=CCC(C(C)O)CC1. The minimum Gasteiger partial charge on any atom is -0.393 e. The number of rotatable bonds is 2. The minimum absolute atomic E-state index is 0.130. The lowest BCUT2D eigenvalue weighted by Crippen LogP contribution is -2.19. The Bertz CT molecular complexity index is 168. The first-order chi connectivity index (χ1) is 5.61. The van der Waals surface area contributed by atoms with Gasteiger partial charge in [-0.05, 0) is 38.0 Å². The van der Waals surface area contributed by atoms with Gasteiger partial charge >= 0.3 is 0 Å². The van der Waals surface area contributed by atoms with E-state index >= 15 is 0 Å². The molecule has 0 heterocycles. The third-order valence-electron chi connectivity index (χ3n) is 2.91. The maximum Gasteiger partial charge on any atom is 0.0543 e. The summed E-state index contributed by atoms with van der Waals surface area (Å²) in [5.41, 5.74) is 1.58. The van der Waals surface area contributed by atoms with E-state index in [2.05, 4.69) is 19.9 Å². The van der Waals surface area contributed by atoms with Crippen molar-refractivity contribution in [1.82, 2.24) is 0 Å². The molecule has 0 aromatic carbocycles. The van der Waals surface area contributed by atoms with Gasteiger partial charge in [0.25, 0.3) is 0 Å². The maximum absolute atomic E-state index is 9.37. The summed E-state index contributed by atoms with van der Waals surface area (Å²) in [5, 5.41) is 9.37. The Morgan fingerprint density at radius 1 is 1.42 bits per heavy atom. The summed E-state index contributed by atoms with van der Waals surface area (Å²) in [5.74, 6) is 1.20. The lowest BCUT2D eigenvalue weighted by molar-refractivity contribution is 0.118. The lowest BCUT2D eigenvalue weighted by atomic mass is 9.83. The molecule has 0 aromatic rings. The van der Waals surface area contributed by atoms with Crippen molar-refractivity contribution in [1.29, 1.82) is 0 Å². The van der Waals surface area contributed by atoms with Gasteiger partial charge in [-0.25, -0.2) is 0 Å². The highest BCUT2D eigenvalue weighted by atomic mass is 16.3. The Labute approximate surface area is 75.5 Å². The molecule has 0 bridgehead atoms. The maximum atomic E-state index is 9.37. The molecule has 70 valence electrons. The van der Waals surface area contributed by atoms with Gasteiger partial charge in [-0.15, -0.1) is 0 Å². The fourth-order valence-corrected chi connectivity index (χ4v) is 1.84. The van der Waals surface area contributed by atoms with Gasteiger partial charge in [0.05, 0.1) is 6.10 Å². The van der Waals surface area contributed by atoms with Gasteiger partial charge in [-0.2, -0.15) is 0 Å². The van der Waals surface area contributed by atoms with E-state index in [9.17, 15) is 5.11 Å². The first-order valence-electron chi connectivity index (χ1n) is 4.98. The molecule has 0 saturated heterocycles. The van der Waals surface area contributed by atoms with Gasteiger partial charge in [0.2, 0.25) is 0 Å². The van der Waals surface area contributed by atoms with Crippen LogP contribution in [0.15, 0.2) is 11.6 Å². The highest BCUT2D eigenvalue weighted by Gasteiger charge is 2.19. The summed E-state index contributed by atoms with van der Waals surface area (Å²) < 4.78 is 0. The molecule has 1 N–H and O–H groups in total. The van der Waals surface area contributed by atoms with Crippen LogP contribution in [0.1, 0.15) is 40.0 Å². The predicted octanol–water partition coefficient (Wildman–Crippen LogP) is 2.75. The lowest BCUT2D eigenvalue weighted by Gasteiger charge is -2.25. The second-order valence-electron chi connectivity index (χ2n) is 4.21. The van der Waals surface area contributed by atoms with Crippen LogP contribution in [0.2, 0.25) is 0 Å². The molecule has 1 nitrogen and oxygen atoms in total. The first kappa shape index (κ1) is 9.79. The van der Waals surface area contributed by atoms with Crippen LogP contribution in [0.5, 0.6) is 0 Å². The molecular weight excluding hydrogens is 148 g/mol. The molecule has 0 fully saturated rings. The van der Waals surface area contributed by atoms with E-state index in [1.54, 1.807) is 5.57 Å². The van der Waals surface area contributed by atoms with Gasteiger partial charge < -0.3 is 5.11 Å². The molecule has 1 rings (SSSR count). The standard InChI is InChI=1S/C11H20O/c1-8(2)10-4-6-11(7-5-10)9(3)12/h4,8-9,11-12H,5-7H2,1-3H3. The minimum atomic E-state index is -0.130. The third kappa shape index (κ3) is 2.34. The van der Waals surface area contributed by atoms with E-state index < -0.39 is 0 Å². The zero-order valence-corrected chi connectivity index (χ0v) is 8.38. The van der Waals surface area contributed by atoms with Crippen molar-refractivity contribution in [3.8, 4) is 0 Å². The summed E-state index contributed by atoms with van der Waals surface area (Å²) in [6, 6.07) is 0. The van der Waals surface area contributed by atoms with Crippen LogP contribution >= 0.6 is 0 Å². The van der Waals surface area contributed by atoms with E-state index in [-0.39, 0.29) is 6.10 Å². The molecule has 0 aliphatic heterocycles. The summed E-state index contributed by atoms with van der Waals surface area (Å²) >= 11 is 0. The first-order valence-corrected chi connectivity index (χ1v) is 4.98. The molecule has 2 unspecified atom stereocenters. The van der Waals surface area contributed by atoms with Crippen molar-refractivity contribution in [2.75, 3.05) is 0 Å². The second-order valence-corrected chi connectivity index (χ2v) is 4.21. The van der Waals surface area contributed by atoms with Gasteiger partial charge in [0, 0.05) is 0 Å². The number of aliphatic hydroxyl groups is 1. The topological polar surface area (TPSA) is 20.2 Å². The monoisotopic (exact) mass is 168 g/mol. The van der Waals surface area contributed by atoms with Crippen molar-refractivity contribution in [2.45, 2.75) is 46.1 Å². The van der Waals surface area contributed by atoms with Crippen molar-refractivity contribution < 1.29 is 5.11 Å². The zero-order chi connectivity index (χ0) is 9.14. The van der Waals surface area contributed by atoms with Crippen molar-refractivity contribution in [3.63, 3.8) is 0 Å². The van der Waals surface area contributed by atoms with E-state index in [1.807, 2.05) is 6.92 Å². The largest absolute Gasteiger partial charge is 0.393 e. The Morgan fingerprint density at radius 2 is 2.08 bits per heavy atom. The Hall–Kier alpha value is -0.300. The number of aliphatic hydroxyl groups excluding tert-OH is 1. The van der Waals surface area contributed by atoms with Gasteiger partial charge in [0.1, 0.15) is 0 Å².